The van der Waals surface area contributed by atoms with Crippen LogP contribution in [0.15, 0.2) is 30.7 Å². The van der Waals surface area contributed by atoms with Crippen LogP contribution in [0.25, 0.3) is 17.0 Å². The molecule has 160 valence electrons. The van der Waals surface area contributed by atoms with Gasteiger partial charge < -0.3 is 4.90 Å². The molecule has 1 aliphatic heterocycles. The molecule has 2 atom stereocenters. The highest BCUT2D eigenvalue weighted by molar-refractivity contribution is 7.88. The molecular formula is C18H21F2N7O2S. The maximum Gasteiger partial charge on any atom is 0.282 e. The van der Waals surface area contributed by atoms with E-state index in [1.165, 1.54) is 29.2 Å². The van der Waals surface area contributed by atoms with E-state index in [0.29, 0.717) is 29.4 Å². The minimum absolute atomic E-state index is 0.123. The number of piperidine rings is 1. The van der Waals surface area contributed by atoms with Crippen LogP contribution in [-0.2, 0) is 10.0 Å². The monoisotopic (exact) mass is 437 g/mol. The van der Waals surface area contributed by atoms with Gasteiger partial charge in [0, 0.05) is 24.7 Å². The maximum absolute atomic E-state index is 13.1. The van der Waals surface area contributed by atoms with E-state index in [9.17, 15) is 17.2 Å². The van der Waals surface area contributed by atoms with Crippen molar-refractivity contribution in [1.82, 2.24) is 29.3 Å². The number of sulfonamides is 1. The van der Waals surface area contributed by atoms with E-state index >= 15 is 0 Å². The number of fused-ring (bicyclic) bond motifs is 1. The molecule has 4 heterocycles. The quantitative estimate of drug-likeness (QED) is 0.651. The molecule has 0 radical (unpaired) electrons. The van der Waals surface area contributed by atoms with E-state index in [1.807, 2.05) is 11.8 Å². The highest BCUT2D eigenvalue weighted by Crippen LogP contribution is 2.27. The van der Waals surface area contributed by atoms with Crippen LogP contribution in [0, 0.1) is 0 Å². The summed E-state index contributed by atoms with van der Waals surface area (Å²) < 4.78 is 53.5. The largest absolute Gasteiger partial charge is 0.352 e. The molecule has 3 aromatic heterocycles. The Morgan fingerprint density at radius 3 is 2.77 bits per heavy atom. The van der Waals surface area contributed by atoms with E-state index in [-0.39, 0.29) is 17.8 Å². The number of hydrogen-bond donors (Lipinski definition) is 1. The first-order chi connectivity index (χ1) is 14.2. The standard InChI is InChI=1S/C18H21F2N7O2S/c1-11-12(25-30(2,28)29)4-3-7-26(11)17-8-14(22-10-23-17)15-9-21-16-6-5-13(18(19)20)24-27(15)16/h5-6,8-12,18,25H,3-4,7H2,1-2H3. The summed E-state index contributed by atoms with van der Waals surface area (Å²) in [5.74, 6) is 0.618. The van der Waals surface area contributed by atoms with Crippen LogP contribution >= 0.6 is 0 Å². The summed E-state index contributed by atoms with van der Waals surface area (Å²) in [7, 11) is -3.33. The van der Waals surface area contributed by atoms with Crippen molar-refractivity contribution >= 4 is 21.5 Å². The number of rotatable bonds is 5. The second kappa shape index (κ2) is 7.84. The van der Waals surface area contributed by atoms with Crippen LogP contribution < -0.4 is 9.62 Å². The minimum Gasteiger partial charge on any atom is -0.352 e. The lowest BCUT2D eigenvalue weighted by Gasteiger charge is -2.40. The van der Waals surface area contributed by atoms with Gasteiger partial charge in [0.05, 0.1) is 18.1 Å². The van der Waals surface area contributed by atoms with Crippen LogP contribution in [0.5, 0.6) is 0 Å². The second-order valence-electron chi connectivity index (χ2n) is 7.31. The number of nitrogens with zero attached hydrogens (tertiary/aromatic N) is 6. The van der Waals surface area contributed by atoms with Gasteiger partial charge in [-0.25, -0.2) is 41.4 Å². The number of nitrogens with one attached hydrogen (secondary N) is 1. The topological polar surface area (TPSA) is 105 Å². The third-order valence-corrected chi connectivity index (χ3v) is 5.90. The van der Waals surface area contributed by atoms with E-state index in [0.717, 1.165) is 19.1 Å². The number of halogens is 2. The average Bonchev–Trinajstić information content (AvgIpc) is 3.12. The molecule has 0 spiro atoms. The van der Waals surface area contributed by atoms with E-state index in [2.05, 4.69) is 24.8 Å². The van der Waals surface area contributed by atoms with Gasteiger partial charge in [-0.1, -0.05) is 0 Å². The fourth-order valence-corrected chi connectivity index (χ4v) is 4.59. The molecule has 0 bridgehead atoms. The Morgan fingerprint density at radius 2 is 2.03 bits per heavy atom. The van der Waals surface area contributed by atoms with E-state index < -0.39 is 16.4 Å². The summed E-state index contributed by atoms with van der Waals surface area (Å²) in [6, 6.07) is 4.10. The summed E-state index contributed by atoms with van der Waals surface area (Å²) in [5.41, 5.74) is 1.03. The van der Waals surface area contributed by atoms with Crippen LogP contribution in [0.1, 0.15) is 31.9 Å². The van der Waals surface area contributed by atoms with Crippen molar-refractivity contribution in [2.45, 2.75) is 38.3 Å². The molecule has 12 heteroatoms. The van der Waals surface area contributed by atoms with Crippen LogP contribution in [0.3, 0.4) is 0 Å². The summed E-state index contributed by atoms with van der Waals surface area (Å²) in [4.78, 5) is 14.8. The third kappa shape index (κ3) is 4.10. The van der Waals surface area contributed by atoms with Gasteiger partial charge in [-0.15, -0.1) is 0 Å². The molecule has 9 nitrogen and oxygen atoms in total. The van der Waals surface area contributed by atoms with Crippen molar-refractivity contribution in [1.29, 1.82) is 0 Å². The van der Waals surface area contributed by atoms with E-state index in [4.69, 9.17) is 0 Å². The van der Waals surface area contributed by atoms with Gasteiger partial charge in [0.1, 0.15) is 23.5 Å². The summed E-state index contributed by atoms with van der Waals surface area (Å²) in [5, 5.41) is 3.97. The normalized spacial score (nSPS) is 20.2. The van der Waals surface area contributed by atoms with Crippen molar-refractivity contribution in [2.75, 3.05) is 17.7 Å². The highest BCUT2D eigenvalue weighted by Gasteiger charge is 2.31. The summed E-state index contributed by atoms with van der Waals surface area (Å²) in [6.07, 6.45) is 2.90. The fourth-order valence-electron chi connectivity index (χ4n) is 3.72. The first-order valence-corrected chi connectivity index (χ1v) is 11.3. The first-order valence-electron chi connectivity index (χ1n) is 9.42. The predicted octanol–water partition coefficient (Wildman–Crippen LogP) is 2.03. The first kappa shape index (κ1) is 20.5. The van der Waals surface area contributed by atoms with Gasteiger partial charge in [-0.3, -0.25) is 0 Å². The molecular weight excluding hydrogens is 416 g/mol. The lowest BCUT2D eigenvalue weighted by Crippen LogP contribution is -2.54. The lowest BCUT2D eigenvalue weighted by atomic mass is 9.98. The molecule has 2 unspecified atom stereocenters. The Morgan fingerprint density at radius 1 is 1.23 bits per heavy atom. The smallest absolute Gasteiger partial charge is 0.282 e. The van der Waals surface area contributed by atoms with Gasteiger partial charge in [0.15, 0.2) is 5.65 Å². The molecule has 4 rings (SSSR count). The second-order valence-corrected chi connectivity index (χ2v) is 9.09. The van der Waals surface area contributed by atoms with Crippen LogP contribution in [0.4, 0.5) is 14.6 Å². The Kier molecular flexibility index (Phi) is 5.36. The maximum atomic E-state index is 13.1. The third-order valence-electron chi connectivity index (χ3n) is 5.17. The number of hydrogen-bond acceptors (Lipinski definition) is 7. The van der Waals surface area contributed by atoms with Crippen molar-refractivity contribution in [3.63, 3.8) is 0 Å². The van der Waals surface area contributed by atoms with Crippen LogP contribution in [0.2, 0.25) is 0 Å². The van der Waals surface area contributed by atoms with Gasteiger partial charge in [-0.05, 0) is 31.9 Å². The van der Waals surface area contributed by atoms with E-state index in [1.54, 1.807) is 6.07 Å². The molecule has 1 aliphatic rings. The van der Waals surface area contributed by atoms with Gasteiger partial charge in [0.25, 0.3) is 6.43 Å². The van der Waals surface area contributed by atoms with Crippen molar-refractivity contribution in [3.05, 3.63) is 36.4 Å². The number of imidazole rings is 1. The SMILES string of the molecule is CC1C(NS(C)(=O)=O)CCCN1c1cc(-c2cnc3ccc(C(F)F)nn23)ncn1. The molecule has 0 amide bonds. The van der Waals surface area contributed by atoms with Crippen molar-refractivity contribution in [2.24, 2.45) is 0 Å². The molecule has 0 aromatic carbocycles. The fraction of sp³-hybridized carbons (Fsp3) is 0.444. The Bertz CT molecular complexity index is 1170. The molecule has 1 fully saturated rings. The van der Waals surface area contributed by atoms with Gasteiger partial charge in [-0.2, -0.15) is 5.10 Å². The molecule has 0 saturated carbocycles. The zero-order valence-electron chi connectivity index (χ0n) is 16.4. The predicted molar refractivity (Wildman–Crippen MR) is 107 cm³/mol. The summed E-state index contributed by atoms with van der Waals surface area (Å²) in [6.45, 7) is 2.65. The zero-order chi connectivity index (χ0) is 21.5. The molecule has 1 N–H and O–H groups in total. The number of anilines is 1. The Labute approximate surface area is 172 Å². The van der Waals surface area contributed by atoms with Gasteiger partial charge in [0.2, 0.25) is 10.0 Å². The molecule has 3 aromatic rings. The molecule has 0 aliphatic carbocycles. The molecule has 1 saturated heterocycles. The van der Waals surface area contributed by atoms with Crippen molar-refractivity contribution < 1.29 is 17.2 Å². The number of aromatic nitrogens is 5. The Hall–Kier alpha value is -2.73. The zero-order valence-corrected chi connectivity index (χ0v) is 17.2. The van der Waals surface area contributed by atoms with Crippen molar-refractivity contribution in [3.8, 4) is 11.4 Å². The van der Waals surface area contributed by atoms with Crippen LogP contribution in [-0.4, -0.2) is 57.9 Å². The Balaban J connectivity index is 1.68. The highest BCUT2D eigenvalue weighted by atomic mass is 32.2. The van der Waals surface area contributed by atoms with Gasteiger partial charge >= 0.3 is 0 Å². The lowest BCUT2D eigenvalue weighted by molar-refractivity contribution is 0.144. The molecule has 30 heavy (non-hydrogen) atoms. The summed E-state index contributed by atoms with van der Waals surface area (Å²) >= 11 is 0. The average molecular weight is 437 g/mol. The number of alkyl halides is 2. The minimum atomic E-state index is -3.33.